The molecule has 1 fully saturated rings. The van der Waals surface area contributed by atoms with Gasteiger partial charge in [0.15, 0.2) is 0 Å². The highest BCUT2D eigenvalue weighted by Gasteiger charge is 2.30. The first-order valence-corrected chi connectivity index (χ1v) is 6.79. The molecule has 0 aliphatic carbocycles. The van der Waals surface area contributed by atoms with E-state index >= 15 is 0 Å². The van der Waals surface area contributed by atoms with E-state index in [0.29, 0.717) is 23.6 Å². The number of nitrogens with two attached hydrogens (primary N) is 1. The lowest BCUT2D eigenvalue weighted by Gasteiger charge is -2.35. The summed E-state index contributed by atoms with van der Waals surface area (Å²) in [7, 11) is 1.54. The van der Waals surface area contributed by atoms with Crippen LogP contribution < -0.4 is 15.8 Å². The van der Waals surface area contributed by atoms with Crippen LogP contribution >= 0.6 is 0 Å². The Hall–Kier alpha value is -1.75. The number of amides is 1. The van der Waals surface area contributed by atoms with Crippen LogP contribution in [0.1, 0.15) is 37.0 Å². The van der Waals surface area contributed by atoms with Crippen molar-refractivity contribution in [3.8, 4) is 5.75 Å². The Bertz CT molecular complexity index is 500. The van der Waals surface area contributed by atoms with Gasteiger partial charge in [0, 0.05) is 18.3 Å². The molecule has 5 nitrogen and oxygen atoms in total. The number of methoxy groups -OCH3 is 1. The smallest absolute Gasteiger partial charge is 0.255 e. The van der Waals surface area contributed by atoms with Gasteiger partial charge in [0.2, 0.25) is 0 Å². The summed E-state index contributed by atoms with van der Waals surface area (Å²) in [5.74, 6) is 0.375. The fraction of sp³-hybridized carbons (Fsp3) is 0.533. The molecule has 5 heteroatoms. The molecule has 0 bridgehead atoms. The highest BCUT2D eigenvalue weighted by atomic mass is 16.5. The van der Waals surface area contributed by atoms with Crippen LogP contribution in [0, 0.1) is 0 Å². The molecule has 1 aliphatic heterocycles. The SMILES string of the molecule is COc1ccc(N)cc1C(=O)NC1CCOC(C)(C)C1. The lowest BCUT2D eigenvalue weighted by Crippen LogP contribution is -2.45. The zero-order chi connectivity index (χ0) is 14.8. The number of benzene rings is 1. The maximum absolute atomic E-state index is 12.4. The van der Waals surface area contributed by atoms with Gasteiger partial charge in [-0.05, 0) is 44.9 Å². The average Bonchev–Trinajstić information content (AvgIpc) is 2.37. The predicted molar refractivity (Wildman–Crippen MR) is 77.9 cm³/mol. The molecule has 0 saturated carbocycles. The van der Waals surface area contributed by atoms with Crippen molar-refractivity contribution in [1.82, 2.24) is 5.32 Å². The van der Waals surface area contributed by atoms with Crippen molar-refractivity contribution in [2.75, 3.05) is 19.5 Å². The second kappa shape index (κ2) is 5.71. The van der Waals surface area contributed by atoms with Crippen molar-refractivity contribution in [3.63, 3.8) is 0 Å². The van der Waals surface area contributed by atoms with Crippen molar-refractivity contribution in [1.29, 1.82) is 0 Å². The molecule has 1 aromatic carbocycles. The minimum Gasteiger partial charge on any atom is -0.496 e. The third kappa shape index (κ3) is 3.42. The van der Waals surface area contributed by atoms with Crippen LogP contribution in [0.15, 0.2) is 18.2 Å². The normalized spacial score (nSPS) is 21.2. The number of carbonyl (C=O) groups excluding carboxylic acids is 1. The molecule has 0 aromatic heterocycles. The fourth-order valence-corrected chi connectivity index (χ4v) is 2.52. The molecule has 1 heterocycles. The van der Waals surface area contributed by atoms with Gasteiger partial charge in [0.05, 0.1) is 18.3 Å². The monoisotopic (exact) mass is 278 g/mol. The number of nitrogens with one attached hydrogen (secondary N) is 1. The van der Waals surface area contributed by atoms with Crippen molar-refractivity contribution in [3.05, 3.63) is 23.8 Å². The largest absolute Gasteiger partial charge is 0.496 e. The van der Waals surface area contributed by atoms with Gasteiger partial charge < -0.3 is 20.5 Å². The molecule has 3 N–H and O–H groups in total. The lowest BCUT2D eigenvalue weighted by atomic mass is 9.93. The highest BCUT2D eigenvalue weighted by molar-refractivity contribution is 5.98. The molecule has 1 amide bonds. The molecule has 1 atom stereocenters. The molecule has 1 saturated heterocycles. The second-order valence-corrected chi connectivity index (χ2v) is 5.73. The summed E-state index contributed by atoms with van der Waals surface area (Å²) < 4.78 is 10.9. The zero-order valence-corrected chi connectivity index (χ0v) is 12.2. The van der Waals surface area contributed by atoms with Crippen molar-refractivity contribution in [2.45, 2.75) is 38.3 Å². The van der Waals surface area contributed by atoms with Crippen molar-refractivity contribution in [2.24, 2.45) is 0 Å². The summed E-state index contributed by atoms with van der Waals surface area (Å²) in [6.45, 7) is 4.73. The first-order chi connectivity index (χ1) is 9.41. The Balaban J connectivity index is 2.10. The Morgan fingerprint density at radius 2 is 2.25 bits per heavy atom. The van der Waals surface area contributed by atoms with E-state index in [1.807, 2.05) is 13.8 Å². The summed E-state index contributed by atoms with van der Waals surface area (Å²) in [5, 5.41) is 3.04. The molecular weight excluding hydrogens is 256 g/mol. The van der Waals surface area contributed by atoms with Crippen LogP contribution in [0.4, 0.5) is 5.69 Å². The van der Waals surface area contributed by atoms with Gasteiger partial charge in [-0.3, -0.25) is 4.79 Å². The maximum Gasteiger partial charge on any atom is 0.255 e. The van der Waals surface area contributed by atoms with Crippen LogP contribution in [0.2, 0.25) is 0 Å². The minimum atomic E-state index is -0.198. The number of hydrogen-bond acceptors (Lipinski definition) is 4. The van der Waals surface area contributed by atoms with E-state index in [0.717, 1.165) is 12.8 Å². The van der Waals surface area contributed by atoms with Crippen molar-refractivity contribution < 1.29 is 14.3 Å². The summed E-state index contributed by atoms with van der Waals surface area (Å²) in [5.41, 5.74) is 6.56. The molecule has 2 rings (SSSR count). The number of rotatable bonds is 3. The molecule has 20 heavy (non-hydrogen) atoms. The van der Waals surface area contributed by atoms with Crippen LogP contribution in [-0.4, -0.2) is 31.3 Å². The third-order valence-electron chi connectivity index (χ3n) is 3.50. The van der Waals surface area contributed by atoms with E-state index in [1.54, 1.807) is 25.3 Å². The number of hydrogen-bond donors (Lipinski definition) is 2. The average molecular weight is 278 g/mol. The first kappa shape index (κ1) is 14.7. The zero-order valence-electron chi connectivity index (χ0n) is 12.2. The standard InChI is InChI=1S/C15H22N2O3/c1-15(2)9-11(6-7-20-15)17-14(18)12-8-10(16)4-5-13(12)19-3/h4-5,8,11H,6-7,9,16H2,1-3H3,(H,17,18). The van der Waals surface area contributed by atoms with Gasteiger partial charge in [-0.25, -0.2) is 0 Å². The Morgan fingerprint density at radius 1 is 1.50 bits per heavy atom. The van der Waals surface area contributed by atoms with Gasteiger partial charge >= 0.3 is 0 Å². The lowest BCUT2D eigenvalue weighted by molar-refractivity contribution is -0.0615. The topological polar surface area (TPSA) is 73.6 Å². The Labute approximate surface area is 119 Å². The van der Waals surface area contributed by atoms with E-state index in [-0.39, 0.29) is 17.6 Å². The van der Waals surface area contributed by atoms with Crippen LogP contribution in [0.3, 0.4) is 0 Å². The summed E-state index contributed by atoms with van der Waals surface area (Å²) in [4.78, 5) is 12.4. The fourth-order valence-electron chi connectivity index (χ4n) is 2.52. The molecule has 0 spiro atoms. The highest BCUT2D eigenvalue weighted by Crippen LogP contribution is 2.25. The van der Waals surface area contributed by atoms with E-state index in [2.05, 4.69) is 5.32 Å². The number of nitrogen functional groups attached to an aromatic ring is 1. The number of anilines is 1. The minimum absolute atomic E-state index is 0.109. The first-order valence-electron chi connectivity index (χ1n) is 6.79. The van der Waals surface area contributed by atoms with E-state index in [9.17, 15) is 4.79 Å². The number of ether oxygens (including phenoxy) is 2. The molecule has 1 aliphatic rings. The molecular formula is C15H22N2O3. The van der Waals surface area contributed by atoms with Crippen LogP contribution in [0.25, 0.3) is 0 Å². The summed E-state index contributed by atoms with van der Waals surface area (Å²) in [6.07, 6.45) is 1.61. The summed E-state index contributed by atoms with van der Waals surface area (Å²) >= 11 is 0. The van der Waals surface area contributed by atoms with E-state index in [4.69, 9.17) is 15.2 Å². The van der Waals surface area contributed by atoms with E-state index < -0.39 is 0 Å². The van der Waals surface area contributed by atoms with Crippen molar-refractivity contribution >= 4 is 11.6 Å². The molecule has 0 radical (unpaired) electrons. The quantitative estimate of drug-likeness (QED) is 0.829. The second-order valence-electron chi connectivity index (χ2n) is 5.73. The maximum atomic E-state index is 12.4. The van der Waals surface area contributed by atoms with Gasteiger partial charge in [0.25, 0.3) is 5.91 Å². The molecule has 110 valence electrons. The van der Waals surface area contributed by atoms with E-state index in [1.165, 1.54) is 0 Å². The van der Waals surface area contributed by atoms with Crippen LogP contribution in [0.5, 0.6) is 5.75 Å². The van der Waals surface area contributed by atoms with Crippen LogP contribution in [-0.2, 0) is 4.74 Å². The third-order valence-corrected chi connectivity index (χ3v) is 3.50. The van der Waals surface area contributed by atoms with Gasteiger partial charge in [-0.2, -0.15) is 0 Å². The molecule has 1 unspecified atom stereocenters. The Kier molecular flexibility index (Phi) is 4.18. The Morgan fingerprint density at radius 3 is 2.90 bits per heavy atom. The van der Waals surface area contributed by atoms with Gasteiger partial charge in [-0.15, -0.1) is 0 Å². The predicted octanol–water partition coefficient (Wildman–Crippen LogP) is 1.96. The van der Waals surface area contributed by atoms with Gasteiger partial charge in [0.1, 0.15) is 5.75 Å². The molecule has 1 aromatic rings. The van der Waals surface area contributed by atoms with Gasteiger partial charge in [-0.1, -0.05) is 0 Å². The number of carbonyl (C=O) groups is 1. The summed E-state index contributed by atoms with van der Waals surface area (Å²) in [6, 6.07) is 5.17.